The molecule has 6 heteroatoms. The van der Waals surface area contributed by atoms with Crippen LogP contribution in [0.3, 0.4) is 0 Å². The fourth-order valence-corrected chi connectivity index (χ4v) is 2.93. The van der Waals surface area contributed by atoms with Crippen molar-refractivity contribution in [3.63, 3.8) is 0 Å². The summed E-state index contributed by atoms with van der Waals surface area (Å²) in [5.74, 6) is -0.716. The van der Waals surface area contributed by atoms with E-state index in [2.05, 4.69) is 10.4 Å². The number of benzene rings is 3. The number of anilines is 1. The fraction of sp³-hybridized carbons (Fsp3) is 0. The minimum atomic E-state index is -0.365. The Morgan fingerprint density at radius 2 is 1.61 bits per heavy atom. The van der Waals surface area contributed by atoms with Crippen LogP contribution in [-0.4, -0.2) is 15.7 Å². The normalized spacial score (nSPS) is 10.6. The summed E-state index contributed by atoms with van der Waals surface area (Å²) in [6, 6.07) is 24.0. The lowest BCUT2D eigenvalue weighted by Gasteiger charge is -2.08. The highest BCUT2D eigenvalue weighted by Crippen LogP contribution is 2.23. The van der Waals surface area contributed by atoms with E-state index < -0.39 is 0 Å². The first-order chi connectivity index (χ1) is 13.6. The average molecular weight is 392 g/mol. The molecule has 1 amide bonds. The molecule has 0 bridgehead atoms. The summed E-state index contributed by atoms with van der Waals surface area (Å²) in [6.45, 7) is 0. The first-order valence-corrected chi connectivity index (χ1v) is 8.96. The smallest absolute Gasteiger partial charge is 0.274 e. The fourth-order valence-electron chi connectivity index (χ4n) is 2.80. The van der Waals surface area contributed by atoms with Gasteiger partial charge in [-0.05, 0) is 54.6 Å². The molecule has 0 spiro atoms. The van der Waals surface area contributed by atoms with Gasteiger partial charge < -0.3 is 5.32 Å². The number of carbonyl (C=O) groups is 1. The van der Waals surface area contributed by atoms with Crippen molar-refractivity contribution in [1.82, 2.24) is 9.78 Å². The van der Waals surface area contributed by atoms with Gasteiger partial charge in [0.25, 0.3) is 5.91 Å². The highest BCUT2D eigenvalue weighted by Gasteiger charge is 2.18. The quantitative estimate of drug-likeness (QED) is 0.493. The molecule has 0 aliphatic heterocycles. The molecule has 0 aliphatic rings. The molecule has 1 heterocycles. The third-order valence-corrected chi connectivity index (χ3v) is 4.44. The van der Waals surface area contributed by atoms with Gasteiger partial charge in [-0.15, -0.1) is 0 Å². The van der Waals surface area contributed by atoms with Gasteiger partial charge in [0.1, 0.15) is 11.5 Å². The first kappa shape index (κ1) is 17.9. The number of aromatic nitrogens is 2. The monoisotopic (exact) mass is 391 g/mol. The van der Waals surface area contributed by atoms with Gasteiger partial charge in [0.15, 0.2) is 0 Å². The van der Waals surface area contributed by atoms with E-state index >= 15 is 0 Å². The average Bonchev–Trinajstić information content (AvgIpc) is 3.17. The van der Waals surface area contributed by atoms with E-state index in [-0.39, 0.29) is 11.7 Å². The van der Waals surface area contributed by atoms with Crippen LogP contribution in [0, 0.1) is 5.82 Å². The van der Waals surface area contributed by atoms with Crippen molar-refractivity contribution in [1.29, 1.82) is 0 Å². The van der Waals surface area contributed by atoms with Crippen molar-refractivity contribution in [3.8, 4) is 16.9 Å². The third-order valence-electron chi connectivity index (χ3n) is 4.18. The van der Waals surface area contributed by atoms with Gasteiger partial charge in [0.2, 0.25) is 0 Å². The molecule has 0 saturated heterocycles. The molecule has 28 heavy (non-hydrogen) atoms. The molecule has 0 aliphatic carbocycles. The highest BCUT2D eigenvalue weighted by molar-refractivity contribution is 6.30. The van der Waals surface area contributed by atoms with Crippen LogP contribution < -0.4 is 5.32 Å². The van der Waals surface area contributed by atoms with E-state index in [1.807, 2.05) is 30.3 Å². The molecule has 4 nitrogen and oxygen atoms in total. The molecule has 3 aromatic carbocycles. The van der Waals surface area contributed by atoms with Gasteiger partial charge in [-0.1, -0.05) is 41.9 Å². The number of halogens is 2. The summed E-state index contributed by atoms with van der Waals surface area (Å²) >= 11 is 5.98. The van der Waals surface area contributed by atoms with E-state index in [0.29, 0.717) is 27.8 Å². The van der Waals surface area contributed by atoms with Crippen LogP contribution in [0.1, 0.15) is 10.5 Å². The molecule has 0 saturated carbocycles. The lowest BCUT2D eigenvalue weighted by molar-refractivity contribution is 0.101. The Bertz CT molecular complexity index is 1110. The number of hydrogen-bond acceptors (Lipinski definition) is 2. The summed E-state index contributed by atoms with van der Waals surface area (Å²) in [5, 5.41) is 7.98. The SMILES string of the molecule is O=C(Nc1ccc(F)cc1)c1cc(-c2ccccc2)nn1-c1ccc(Cl)cc1. The molecule has 4 rings (SSSR count). The van der Waals surface area contributed by atoms with Crippen LogP contribution in [0.25, 0.3) is 16.9 Å². The Morgan fingerprint density at radius 1 is 0.929 bits per heavy atom. The Hall–Kier alpha value is -3.44. The third kappa shape index (κ3) is 3.80. The summed E-state index contributed by atoms with van der Waals surface area (Å²) in [5.41, 5.74) is 3.11. The molecule has 4 aromatic rings. The predicted octanol–water partition coefficient (Wildman–Crippen LogP) is 5.58. The van der Waals surface area contributed by atoms with Crippen molar-refractivity contribution < 1.29 is 9.18 Å². The van der Waals surface area contributed by atoms with E-state index in [1.165, 1.54) is 24.3 Å². The second kappa shape index (κ2) is 7.66. The van der Waals surface area contributed by atoms with Crippen molar-refractivity contribution >= 4 is 23.2 Å². The van der Waals surface area contributed by atoms with Crippen LogP contribution in [-0.2, 0) is 0 Å². The maximum Gasteiger partial charge on any atom is 0.274 e. The van der Waals surface area contributed by atoms with Gasteiger partial charge in [-0.25, -0.2) is 9.07 Å². The highest BCUT2D eigenvalue weighted by atomic mass is 35.5. The Kier molecular flexibility index (Phi) is 4.91. The van der Waals surface area contributed by atoms with Crippen LogP contribution in [0.5, 0.6) is 0 Å². The molecular weight excluding hydrogens is 377 g/mol. The minimum absolute atomic E-state index is 0.351. The van der Waals surface area contributed by atoms with Crippen LogP contribution in [0.2, 0.25) is 5.02 Å². The maximum atomic E-state index is 13.1. The number of nitrogens with one attached hydrogen (secondary N) is 1. The second-order valence-corrected chi connectivity index (χ2v) is 6.57. The van der Waals surface area contributed by atoms with Crippen LogP contribution in [0.4, 0.5) is 10.1 Å². The molecular formula is C22H15ClFN3O. The lowest BCUT2D eigenvalue weighted by Crippen LogP contribution is -2.16. The molecule has 0 unspecified atom stereocenters. The van der Waals surface area contributed by atoms with Crippen molar-refractivity contribution in [2.45, 2.75) is 0 Å². The lowest BCUT2D eigenvalue weighted by atomic mass is 10.1. The Morgan fingerprint density at radius 3 is 2.29 bits per heavy atom. The van der Waals surface area contributed by atoms with E-state index in [0.717, 1.165) is 5.56 Å². The first-order valence-electron chi connectivity index (χ1n) is 8.58. The number of nitrogens with zero attached hydrogens (tertiary/aromatic N) is 2. The van der Waals surface area contributed by atoms with Crippen molar-refractivity contribution in [2.24, 2.45) is 0 Å². The maximum absolute atomic E-state index is 13.1. The zero-order valence-corrected chi connectivity index (χ0v) is 15.4. The summed E-state index contributed by atoms with van der Waals surface area (Å²) < 4.78 is 14.7. The van der Waals surface area contributed by atoms with Gasteiger partial charge in [-0.2, -0.15) is 5.10 Å². The van der Waals surface area contributed by atoms with Crippen molar-refractivity contribution in [2.75, 3.05) is 5.32 Å². The predicted molar refractivity (Wildman–Crippen MR) is 108 cm³/mol. The molecule has 0 fully saturated rings. The summed E-state index contributed by atoms with van der Waals surface area (Å²) in [6.07, 6.45) is 0. The van der Waals surface area contributed by atoms with Gasteiger partial charge in [0.05, 0.1) is 11.4 Å². The van der Waals surface area contributed by atoms with E-state index in [9.17, 15) is 9.18 Å². The van der Waals surface area contributed by atoms with E-state index in [4.69, 9.17) is 11.6 Å². The number of rotatable bonds is 4. The molecule has 138 valence electrons. The minimum Gasteiger partial charge on any atom is -0.321 e. The number of hydrogen-bond donors (Lipinski definition) is 1. The van der Waals surface area contributed by atoms with Gasteiger partial charge in [-0.3, -0.25) is 4.79 Å². The Balaban J connectivity index is 1.75. The largest absolute Gasteiger partial charge is 0.321 e. The van der Waals surface area contributed by atoms with Crippen molar-refractivity contribution in [3.05, 3.63) is 101 Å². The van der Waals surface area contributed by atoms with Crippen LogP contribution in [0.15, 0.2) is 84.9 Å². The topological polar surface area (TPSA) is 46.9 Å². The van der Waals surface area contributed by atoms with Gasteiger partial charge in [0, 0.05) is 16.3 Å². The summed E-state index contributed by atoms with van der Waals surface area (Å²) in [7, 11) is 0. The Labute approximate surface area is 166 Å². The zero-order chi connectivity index (χ0) is 19.5. The molecule has 0 atom stereocenters. The molecule has 1 aromatic heterocycles. The molecule has 1 N–H and O–H groups in total. The van der Waals surface area contributed by atoms with E-state index in [1.54, 1.807) is 35.0 Å². The summed E-state index contributed by atoms with van der Waals surface area (Å²) in [4.78, 5) is 12.9. The second-order valence-electron chi connectivity index (χ2n) is 6.13. The number of carbonyl (C=O) groups excluding carboxylic acids is 1. The molecule has 0 radical (unpaired) electrons. The van der Waals surface area contributed by atoms with Crippen LogP contribution >= 0.6 is 11.6 Å². The number of amides is 1. The van der Waals surface area contributed by atoms with Gasteiger partial charge >= 0.3 is 0 Å². The standard InChI is InChI=1S/C22H15ClFN3O/c23-16-6-12-19(13-7-16)27-21(14-20(26-27)15-4-2-1-3-5-15)22(28)25-18-10-8-17(24)9-11-18/h1-14H,(H,25,28). The zero-order valence-electron chi connectivity index (χ0n) is 14.6.